The molecule has 180 valence electrons. The lowest BCUT2D eigenvalue weighted by molar-refractivity contribution is -0.127. The van der Waals surface area contributed by atoms with E-state index in [0.717, 1.165) is 31.3 Å². The molecule has 3 rings (SSSR count). The number of allylic oxidation sites excluding steroid dienone is 4. The lowest BCUT2D eigenvalue weighted by atomic mass is 10.0. The van der Waals surface area contributed by atoms with Crippen LogP contribution in [0.4, 0.5) is 0 Å². The number of nitrogens with one attached hydrogen (secondary N) is 1. The first-order valence-corrected chi connectivity index (χ1v) is 12.1. The summed E-state index contributed by atoms with van der Waals surface area (Å²) in [6.45, 7) is 11.3. The fourth-order valence-corrected chi connectivity index (χ4v) is 4.45. The molecule has 0 saturated heterocycles. The van der Waals surface area contributed by atoms with Gasteiger partial charge in [-0.05, 0) is 61.5 Å². The Morgan fingerprint density at radius 1 is 1.24 bits per heavy atom. The normalized spacial score (nSPS) is 17.7. The summed E-state index contributed by atoms with van der Waals surface area (Å²) in [5.41, 5.74) is 11.0. The van der Waals surface area contributed by atoms with E-state index in [1.807, 2.05) is 30.0 Å². The van der Waals surface area contributed by atoms with Crippen LogP contribution in [0.2, 0.25) is 0 Å². The summed E-state index contributed by atoms with van der Waals surface area (Å²) in [6, 6.07) is 8.21. The van der Waals surface area contributed by atoms with Crippen molar-refractivity contribution < 1.29 is 9.59 Å². The van der Waals surface area contributed by atoms with E-state index in [-0.39, 0.29) is 17.9 Å². The minimum atomic E-state index is -0.204. The second-order valence-electron chi connectivity index (χ2n) is 8.90. The molecule has 6 heteroatoms. The second-order valence-corrected chi connectivity index (χ2v) is 8.90. The van der Waals surface area contributed by atoms with Crippen LogP contribution in [0.15, 0.2) is 76.5 Å². The largest absolute Gasteiger partial charge is 0.387 e. The van der Waals surface area contributed by atoms with Crippen LogP contribution in [0.1, 0.15) is 63.6 Å². The lowest BCUT2D eigenvalue weighted by Crippen LogP contribution is -2.34. The number of amidine groups is 1. The van der Waals surface area contributed by atoms with Gasteiger partial charge in [0.2, 0.25) is 5.91 Å². The van der Waals surface area contributed by atoms with Crippen LogP contribution in [-0.2, 0) is 16.0 Å². The second kappa shape index (κ2) is 11.6. The van der Waals surface area contributed by atoms with Crippen LogP contribution in [-0.4, -0.2) is 35.6 Å². The van der Waals surface area contributed by atoms with Crippen LogP contribution >= 0.6 is 0 Å². The Balaban J connectivity index is 1.75. The molecule has 0 bridgehead atoms. The molecule has 0 aromatic heterocycles. The van der Waals surface area contributed by atoms with Gasteiger partial charge in [-0.15, -0.1) is 0 Å². The average molecular weight is 461 g/mol. The van der Waals surface area contributed by atoms with Gasteiger partial charge in [-0.2, -0.15) is 0 Å². The first-order chi connectivity index (χ1) is 16.3. The third-order valence-electron chi connectivity index (χ3n) is 6.17. The van der Waals surface area contributed by atoms with Crippen molar-refractivity contribution in [2.45, 2.75) is 58.9 Å². The molecule has 0 spiro atoms. The van der Waals surface area contributed by atoms with Gasteiger partial charge in [0.25, 0.3) is 5.91 Å². The van der Waals surface area contributed by atoms with Crippen molar-refractivity contribution in [3.63, 3.8) is 0 Å². The summed E-state index contributed by atoms with van der Waals surface area (Å²) < 4.78 is 0. The van der Waals surface area contributed by atoms with E-state index in [4.69, 9.17) is 5.73 Å². The summed E-state index contributed by atoms with van der Waals surface area (Å²) in [5, 5.41) is 3.09. The summed E-state index contributed by atoms with van der Waals surface area (Å²) >= 11 is 0. The Hall–Kier alpha value is -3.41. The molecule has 2 aliphatic rings. The van der Waals surface area contributed by atoms with Gasteiger partial charge in [0.15, 0.2) is 0 Å². The number of amides is 2. The molecule has 1 atom stereocenters. The van der Waals surface area contributed by atoms with Gasteiger partial charge in [-0.3, -0.25) is 9.59 Å². The maximum Gasteiger partial charge on any atom is 0.251 e. The van der Waals surface area contributed by atoms with Gasteiger partial charge in [0, 0.05) is 36.4 Å². The first-order valence-electron chi connectivity index (χ1n) is 12.1. The van der Waals surface area contributed by atoms with Crippen molar-refractivity contribution in [2.75, 3.05) is 13.1 Å². The molecule has 1 heterocycles. The molecule has 2 amide bonds. The summed E-state index contributed by atoms with van der Waals surface area (Å²) in [7, 11) is 0. The summed E-state index contributed by atoms with van der Waals surface area (Å²) in [5.74, 6) is 0.189. The highest BCUT2D eigenvalue weighted by atomic mass is 16.2. The number of hydrogen-bond acceptors (Lipinski definition) is 4. The van der Waals surface area contributed by atoms with E-state index in [1.165, 1.54) is 11.1 Å². The molecule has 0 fully saturated rings. The molecule has 1 aliphatic carbocycles. The zero-order valence-electron chi connectivity index (χ0n) is 20.6. The standard InChI is InChI=1S/C28H36N4O2/c1-5-15-32(16-6-2)28(34)23-17-22(20(4)30-26(29)18-23)12-11-19(3)27(33)31-25-14-13-21-9-7-8-10-24(21)25/h7-12,17,25H,3,5-6,13-16,18H2,1-2,4H3,(H2,29,30)(H,31,33)/b12-11-. The minimum Gasteiger partial charge on any atom is -0.387 e. The minimum absolute atomic E-state index is 0.00400. The summed E-state index contributed by atoms with van der Waals surface area (Å²) in [6.07, 6.45) is 9.26. The molecule has 1 unspecified atom stereocenters. The van der Waals surface area contributed by atoms with Crippen molar-refractivity contribution >= 4 is 17.6 Å². The number of carbonyl (C=O) groups excluding carboxylic acids is 2. The Labute approximate surface area is 203 Å². The van der Waals surface area contributed by atoms with Crippen LogP contribution in [0, 0.1) is 0 Å². The van der Waals surface area contributed by atoms with Crippen LogP contribution < -0.4 is 11.1 Å². The van der Waals surface area contributed by atoms with Crippen molar-refractivity contribution in [1.29, 1.82) is 0 Å². The van der Waals surface area contributed by atoms with E-state index in [2.05, 4.69) is 42.9 Å². The third-order valence-corrected chi connectivity index (χ3v) is 6.17. The molecule has 1 aromatic carbocycles. The Morgan fingerprint density at radius 2 is 1.94 bits per heavy atom. The molecular weight excluding hydrogens is 424 g/mol. The van der Waals surface area contributed by atoms with E-state index in [1.54, 1.807) is 12.2 Å². The Morgan fingerprint density at radius 3 is 2.65 bits per heavy atom. The average Bonchev–Trinajstić information content (AvgIpc) is 3.15. The van der Waals surface area contributed by atoms with Crippen LogP contribution in [0.5, 0.6) is 0 Å². The number of fused-ring (bicyclic) bond motifs is 1. The van der Waals surface area contributed by atoms with Gasteiger partial charge in [-0.25, -0.2) is 4.99 Å². The number of benzene rings is 1. The van der Waals surface area contributed by atoms with Crippen molar-refractivity contribution in [3.8, 4) is 0 Å². The zero-order chi connectivity index (χ0) is 24.7. The molecule has 0 radical (unpaired) electrons. The molecule has 6 nitrogen and oxygen atoms in total. The highest BCUT2D eigenvalue weighted by Crippen LogP contribution is 2.31. The molecule has 34 heavy (non-hydrogen) atoms. The maximum absolute atomic E-state index is 13.2. The van der Waals surface area contributed by atoms with Gasteiger partial charge in [-0.1, -0.05) is 50.8 Å². The molecule has 1 aliphatic heterocycles. The van der Waals surface area contributed by atoms with E-state index in [0.29, 0.717) is 42.2 Å². The van der Waals surface area contributed by atoms with E-state index in [9.17, 15) is 9.59 Å². The summed E-state index contributed by atoms with van der Waals surface area (Å²) in [4.78, 5) is 32.3. The zero-order valence-corrected chi connectivity index (χ0v) is 20.6. The first kappa shape index (κ1) is 25.2. The highest BCUT2D eigenvalue weighted by molar-refractivity contribution is 6.01. The SMILES string of the molecule is C=C(/C=C\C1=C(C)N=C(N)CC(C(=O)N(CCC)CCC)=C1)C(=O)NC1CCc2ccccc21. The topological polar surface area (TPSA) is 87.8 Å². The number of nitrogens with two attached hydrogens (primary N) is 1. The molecular formula is C28H36N4O2. The number of rotatable bonds is 9. The molecule has 1 aromatic rings. The van der Waals surface area contributed by atoms with Crippen LogP contribution in [0.3, 0.4) is 0 Å². The Kier molecular flexibility index (Phi) is 8.63. The van der Waals surface area contributed by atoms with Crippen molar-refractivity contribution in [1.82, 2.24) is 10.2 Å². The number of aryl methyl sites for hydroxylation is 1. The molecule has 3 N–H and O–H groups in total. The molecule has 0 saturated carbocycles. The van der Waals surface area contributed by atoms with Gasteiger partial charge < -0.3 is 16.0 Å². The van der Waals surface area contributed by atoms with Gasteiger partial charge in [0.05, 0.1) is 6.04 Å². The fourth-order valence-electron chi connectivity index (χ4n) is 4.45. The van der Waals surface area contributed by atoms with Crippen molar-refractivity contribution in [3.05, 3.63) is 82.6 Å². The van der Waals surface area contributed by atoms with E-state index < -0.39 is 0 Å². The van der Waals surface area contributed by atoms with Gasteiger partial charge >= 0.3 is 0 Å². The monoisotopic (exact) mass is 460 g/mol. The Bertz CT molecular complexity index is 1070. The number of aliphatic imine (C=N–C) groups is 1. The lowest BCUT2D eigenvalue weighted by Gasteiger charge is -2.22. The number of hydrogen-bond donors (Lipinski definition) is 2. The van der Waals surface area contributed by atoms with Crippen LogP contribution in [0.25, 0.3) is 0 Å². The highest BCUT2D eigenvalue weighted by Gasteiger charge is 2.24. The number of nitrogens with zero attached hydrogens (tertiary/aromatic N) is 2. The van der Waals surface area contributed by atoms with Crippen molar-refractivity contribution in [2.24, 2.45) is 10.7 Å². The predicted molar refractivity (Wildman–Crippen MR) is 138 cm³/mol. The fraction of sp³-hybridized carbons (Fsp3) is 0.393. The smallest absolute Gasteiger partial charge is 0.251 e. The van der Waals surface area contributed by atoms with Gasteiger partial charge in [0.1, 0.15) is 5.84 Å². The quantitative estimate of drug-likeness (QED) is 0.420. The number of carbonyl (C=O) groups is 2. The maximum atomic E-state index is 13.2. The van der Waals surface area contributed by atoms with E-state index >= 15 is 0 Å². The third kappa shape index (κ3) is 6.13. The predicted octanol–water partition coefficient (Wildman–Crippen LogP) is 4.51.